The average molecular weight is 238 g/mol. The summed E-state index contributed by atoms with van der Waals surface area (Å²) in [5.74, 6) is 0.866. The van der Waals surface area contributed by atoms with E-state index in [1.54, 1.807) is 11.3 Å². The van der Waals surface area contributed by atoms with Crippen molar-refractivity contribution in [2.24, 2.45) is 5.92 Å². The lowest BCUT2D eigenvalue weighted by atomic mass is 9.97. The van der Waals surface area contributed by atoms with Crippen molar-refractivity contribution in [1.29, 1.82) is 0 Å². The van der Waals surface area contributed by atoms with Crippen LogP contribution in [0.1, 0.15) is 25.7 Å². The van der Waals surface area contributed by atoms with Gasteiger partial charge >= 0.3 is 0 Å². The summed E-state index contributed by atoms with van der Waals surface area (Å²) in [7, 11) is 0. The maximum atomic E-state index is 4.13. The maximum Gasteiger partial charge on any atom is 0.208 e. The van der Waals surface area contributed by atoms with Crippen molar-refractivity contribution in [2.45, 2.75) is 31.7 Å². The van der Waals surface area contributed by atoms with Crippen molar-refractivity contribution < 1.29 is 0 Å². The highest BCUT2D eigenvalue weighted by molar-refractivity contribution is 7.13. The minimum absolute atomic E-state index is 0.848. The van der Waals surface area contributed by atoms with Crippen LogP contribution < -0.4 is 10.2 Å². The number of hydrogen-bond acceptors (Lipinski definition) is 5. The van der Waals surface area contributed by atoms with Gasteiger partial charge < -0.3 is 10.2 Å². The van der Waals surface area contributed by atoms with Gasteiger partial charge in [0.1, 0.15) is 5.51 Å². The zero-order valence-electron chi connectivity index (χ0n) is 9.43. The molecule has 88 valence electrons. The SMILES string of the molecule is c1nnc(N2CCC(CNC3CC3)CC2)s1. The van der Waals surface area contributed by atoms with Gasteiger partial charge in [-0.25, -0.2) is 0 Å². The smallest absolute Gasteiger partial charge is 0.208 e. The molecule has 0 atom stereocenters. The highest BCUT2D eigenvalue weighted by atomic mass is 32.1. The van der Waals surface area contributed by atoms with Crippen LogP contribution in [0.25, 0.3) is 0 Å². The van der Waals surface area contributed by atoms with Crippen LogP contribution >= 0.6 is 11.3 Å². The number of aromatic nitrogens is 2. The Hall–Kier alpha value is -0.680. The summed E-state index contributed by atoms with van der Waals surface area (Å²) < 4.78 is 0. The molecular formula is C11H18N4S. The number of hydrogen-bond donors (Lipinski definition) is 1. The minimum Gasteiger partial charge on any atom is -0.347 e. The molecule has 1 aliphatic heterocycles. The molecule has 4 nitrogen and oxygen atoms in total. The van der Waals surface area contributed by atoms with Crippen molar-refractivity contribution in [3.05, 3.63) is 5.51 Å². The standard InChI is InChI=1S/C11H18N4S/c1-2-10(1)12-7-9-3-5-15(6-4-9)11-14-13-8-16-11/h8-10,12H,1-7H2. The Balaban J connectivity index is 1.44. The topological polar surface area (TPSA) is 41.1 Å². The van der Waals surface area contributed by atoms with E-state index >= 15 is 0 Å². The fourth-order valence-electron chi connectivity index (χ4n) is 2.25. The van der Waals surface area contributed by atoms with Crippen molar-refractivity contribution in [1.82, 2.24) is 15.5 Å². The maximum absolute atomic E-state index is 4.13. The second kappa shape index (κ2) is 4.67. The van der Waals surface area contributed by atoms with E-state index in [1.165, 1.54) is 32.2 Å². The number of nitrogens with one attached hydrogen (secondary N) is 1. The molecule has 0 unspecified atom stereocenters. The van der Waals surface area contributed by atoms with E-state index in [0.717, 1.165) is 30.2 Å². The lowest BCUT2D eigenvalue weighted by molar-refractivity contribution is 0.381. The van der Waals surface area contributed by atoms with Crippen LogP contribution in [0.3, 0.4) is 0 Å². The third-order valence-electron chi connectivity index (χ3n) is 3.51. The molecule has 2 fully saturated rings. The quantitative estimate of drug-likeness (QED) is 0.863. The molecule has 0 bridgehead atoms. The third-order valence-corrected chi connectivity index (χ3v) is 4.26. The Kier molecular flexibility index (Phi) is 3.06. The van der Waals surface area contributed by atoms with Crippen LogP contribution in [0.5, 0.6) is 0 Å². The zero-order chi connectivity index (χ0) is 10.8. The molecule has 5 heteroatoms. The molecule has 0 amide bonds. The Bertz CT molecular complexity index is 315. The third kappa shape index (κ3) is 2.52. The van der Waals surface area contributed by atoms with E-state index in [4.69, 9.17) is 0 Å². The molecule has 1 aliphatic carbocycles. The lowest BCUT2D eigenvalue weighted by Crippen LogP contribution is -2.37. The fourth-order valence-corrected chi connectivity index (χ4v) is 2.87. The summed E-state index contributed by atoms with van der Waals surface area (Å²) in [6.45, 7) is 3.51. The summed E-state index contributed by atoms with van der Waals surface area (Å²) in [4.78, 5) is 2.37. The van der Waals surface area contributed by atoms with Crippen molar-refractivity contribution in [3.8, 4) is 0 Å². The summed E-state index contributed by atoms with van der Waals surface area (Å²) in [6.07, 6.45) is 5.37. The van der Waals surface area contributed by atoms with Crippen LogP contribution in [0, 0.1) is 5.92 Å². The molecule has 1 saturated carbocycles. The Labute approximate surface area is 100 Å². The molecule has 16 heavy (non-hydrogen) atoms. The molecule has 1 aromatic heterocycles. The monoisotopic (exact) mass is 238 g/mol. The van der Waals surface area contributed by atoms with Gasteiger partial charge in [-0.1, -0.05) is 11.3 Å². The van der Waals surface area contributed by atoms with Gasteiger partial charge in [0.25, 0.3) is 0 Å². The Morgan fingerprint density at radius 3 is 2.75 bits per heavy atom. The highest BCUT2D eigenvalue weighted by Crippen LogP contribution is 2.25. The van der Waals surface area contributed by atoms with Gasteiger partial charge in [-0.05, 0) is 38.1 Å². The highest BCUT2D eigenvalue weighted by Gasteiger charge is 2.24. The zero-order valence-corrected chi connectivity index (χ0v) is 10.2. The van der Waals surface area contributed by atoms with Gasteiger partial charge in [0, 0.05) is 19.1 Å². The first-order valence-electron chi connectivity index (χ1n) is 6.16. The first-order valence-corrected chi connectivity index (χ1v) is 7.04. The molecule has 1 aromatic rings. The summed E-state index contributed by atoms with van der Waals surface area (Å²) in [6, 6.07) is 0.848. The van der Waals surface area contributed by atoms with Gasteiger partial charge in [-0.2, -0.15) is 0 Å². The molecule has 1 saturated heterocycles. The summed E-state index contributed by atoms with van der Waals surface area (Å²) >= 11 is 1.65. The van der Waals surface area contributed by atoms with E-state index in [0.29, 0.717) is 0 Å². The molecule has 1 N–H and O–H groups in total. The van der Waals surface area contributed by atoms with E-state index in [9.17, 15) is 0 Å². The summed E-state index contributed by atoms with van der Waals surface area (Å²) in [5, 5.41) is 12.7. The van der Waals surface area contributed by atoms with Crippen LogP contribution in [0.15, 0.2) is 5.51 Å². The van der Waals surface area contributed by atoms with E-state index < -0.39 is 0 Å². The Morgan fingerprint density at radius 2 is 2.12 bits per heavy atom. The van der Waals surface area contributed by atoms with Gasteiger partial charge in [0.05, 0.1) is 0 Å². The van der Waals surface area contributed by atoms with Crippen LogP contribution in [0.2, 0.25) is 0 Å². The van der Waals surface area contributed by atoms with Crippen molar-refractivity contribution >= 4 is 16.5 Å². The molecule has 2 heterocycles. The number of anilines is 1. The second-order valence-corrected chi connectivity index (χ2v) is 5.65. The van der Waals surface area contributed by atoms with Gasteiger partial charge in [0.15, 0.2) is 0 Å². The minimum atomic E-state index is 0.848. The van der Waals surface area contributed by atoms with E-state index in [-0.39, 0.29) is 0 Å². The van der Waals surface area contributed by atoms with Gasteiger partial charge in [-0.15, -0.1) is 10.2 Å². The van der Waals surface area contributed by atoms with Gasteiger partial charge in [0.2, 0.25) is 5.13 Å². The molecule has 0 aromatic carbocycles. The predicted octanol–water partition coefficient (Wildman–Crippen LogP) is 1.51. The fraction of sp³-hybridized carbons (Fsp3) is 0.818. The number of nitrogens with zero attached hydrogens (tertiary/aromatic N) is 3. The first-order chi connectivity index (χ1) is 7.92. The number of piperidine rings is 1. The molecule has 0 spiro atoms. The molecular weight excluding hydrogens is 220 g/mol. The van der Waals surface area contributed by atoms with E-state index in [2.05, 4.69) is 20.4 Å². The average Bonchev–Trinajstić information content (AvgIpc) is 3.00. The Morgan fingerprint density at radius 1 is 1.31 bits per heavy atom. The van der Waals surface area contributed by atoms with Crippen LogP contribution in [0.4, 0.5) is 5.13 Å². The van der Waals surface area contributed by atoms with Crippen molar-refractivity contribution in [2.75, 3.05) is 24.5 Å². The normalized spacial score (nSPS) is 22.6. The van der Waals surface area contributed by atoms with Crippen LogP contribution in [-0.4, -0.2) is 35.9 Å². The molecule has 2 aliphatic rings. The van der Waals surface area contributed by atoms with Crippen molar-refractivity contribution in [3.63, 3.8) is 0 Å². The predicted molar refractivity (Wildman–Crippen MR) is 65.9 cm³/mol. The molecule has 0 radical (unpaired) electrons. The van der Waals surface area contributed by atoms with E-state index in [1.807, 2.05) is 5.51 Å². The first kappa shape index (κ1) is 10.5. The lowest BCUT2D eigenvalue weighted by Gasteiger charge is -2.31. The molecule has 3 rings (SSSR count). The number of rotatable bonds is 4. The largest absolute Gasteiger partial charge is 0.347 e. The summed E-state index contributed by atoms with van der Waals surface area (Å²) in [5.41, 5.74) is 1.82. The van der Waals surface area contributed by atoms with Gasteiger partial charge in [-0.3, -0.25) is 0 Å². The van der Waals surface area contributed by atoms with Crippen LogP contribution in [-0.2, 0) is 0 Å². The second-order valence-electron chi connectivity index (χ2n) is 4.83.